The van der Waals surface area contributed by atoms with Crippen LogP contribution in [0.5, 0.6) is 0 Å². The molecule has 1 atom stereocenters. The fourth-order valence-electron chi connectivity index (χ4n) is 1.35. The van der Waals surface area contributed by atoms with Gasteiger partial charge in [-0.15, -0.1) is 0 Å². The Morgan fingerprint density at radius 1 is 1.56 bits per heavy atom. The Morgan fingerprint density at radius 2 is 2.25 bits per heavy atom. The van der Waals surface area contributed by atoms with Gasteiger partial charge < -0.3 is 10.0 Å². The van der Waals surface area contributed by atoms with Gasteiger partial charge in [-0.2, -0.15) is 5.10 Å². The number of carboxylic acids is 1. The number of likely N-dealkylation sites (N-methyl/N-ethyl adjacent to an activating group) is 1. The van der Waals surface area contributed by atoms with Gasteiger partial charge in [0.1, 0.15) is 25.2 Å². The highest BCUT2D eigenvalue weighted by molar-refractivity contribution is 5.83. The number of carboxylic acid groups (broad SMARTS) is 1. The quantitative estimate of drug-likeness (QED) is 0.738. The van der Waals surface area contributed by atoms with Crippen LogP contribution in [0.3, 0.4) is 0 Å². The summed E-state index contributed by atoms with van der Waals surface area (Å²) in [4.78, 5) is 27.5. The zero-order valence-electron chi connectivity index (χ0n) is 9.20. The first-order chi connectivity index (χ1) is 7.56. The van der Waals surface area contributed by atoms with Crippen LogP contribution in [0.2, 0.25) is 0 Å². The first kappa shape index (κ1) is 12.2. The average Bonchev–Trinajstić information content (AvgIpc) is 2.70. The third kappa shape index (κ3) is 2.78. The molecule has 0 aliphatic rings. The van der Waals surface area contributed by atoms with Crippen LogP contribution < -0.4 is 0 Å². The van der Waals surface area contributed by atoms with E-state index in [4.69, 9.17) is 5.11 Å². The molecule has 0 aliphatic carbocycles. The lowest BCUT2D eigenvalue weighted by molar-refractivity contribution is -0.149. The highest BCUT2D eigenvalue weighted by Gasteiger charge is 2.24. The van der Waals surface area contributed by atoms with E-state index in [0.29, 0.717) is 6.42 Å². The summed E-state index contributed by atoms with van der Waals surface area (Å²) in [5.41, 5.74) is 0. The molecule has 0 saturated carbocycles. The summed E-state index contributed by atoms with van der Waals surface area (Å²) in [5.74, 6) is -1.31. The molecule has 1 rings (SSSR count). The van der Waals surface area contributed by atoms with E-state index in [2.05, 4.69) is 10.1 Å². The normalized spacial score (nSPS) is 12.1. The van der Waals surface area contributed by atoms with Gasteiger partial charge in [0.25, 0.3) is 0 Å². The molecule has 0 aliphatic heterocycles. The Hall–Kier alpha value is -1.92. The molecule has 0 saturated heterocycles. The molecule has 1 heterocycles. The number of rotatable bonds is 5. The van der Waals surface area contributed by atoms with Crippen LogP contribution in [-0.4, -0.2) is 49.7 Å². The Labute approximate surface area is 92.7 Å². The number of carbonyl (C=O) groups is 2. The number of hydrogen-bond donors (Lipinski definition) is 1. The second-order valence-corrected chi connectivity index (χ2v) is 3.36. The Kier molecular flexibility index (Phi) is 3.98. The van der Waals surface area contributed by atoms with Crippen LogP contribution in [0.25, 0.3) is 0 Å². The molecule has 88 valence electrons. The van der Waals surface area contributed by atoms with E-state index in [0.717, 1.165) is 0 Å². The van der Waals surface area contributed by atoms with Gasteiger partial charge in [0.2, 0.25) is 5.91 Å². The Bertz CT molecular complexity index is 363. The molecule has 7 nitrogen and oxygen atoms in total. The van der Waals surface area contributed by atoms with Crippen molar-refractivity contribution in [1.82, 2.24) is 19.7 Å². The van der Waals surface area contributed by atoms with Gasteiger partial charge in [0.05, 0.1) is 0 Å². The molecule has 1 amide bonds. The monoisotopic (exact) mass is 226 g/mol. The van der Waals surface area contributed by atoms with E-state index in [-0.39, 0.29) is 12.5 Å². The van der Waals surface area contributed by atoms with Crippen LogP contribution in [0.15, 0.2) is 12.7 Å². The average molecular weight is 226 g/mol. The fourth-order valence-corrected chi connectivity index (χ4v) is 1.35. The number of carbonyl (C=O) groups excluding carboxylic acids is 1. The van der Waals surface area contributed by atoms with Crippen molar-refractivity contribution >= 4 is 11.9 Å². The number of aromatic nitrogens is 3. The van der Waals surface area contributed by atoms with E-state index in [1.54, 1.807) is 6.92 Å². The van der Waals surface area contributed by atoms with Gasteiger partial charge in [-0.1, -0.05) is 6.92 Å². The second kappa shape index (κ2) is 5.24. The van der Waals surface area contributed by atoms with Crippen molar-refractivity contribution in [3.63, 3.8) is 0 Å². The second-order valence-electron chi connectivity index (χ2n) is 3.36. The minimum absolute atomic E-state index is 0.000278. The number of hydrogen-bond acceptors (Lipinski definition) is 4. The number of aliphatic carboxylic acids is 1. The van der Waals surface area contributed by atoms with Crippen LogP contribution in [0, 0.1) is 0 Å². The topological polar surface area (TPSA) is 88.3 Å². The number of amides is 1. The largest absolute Gasteiger partial charge is 0.480 e. The minimum atomic E-state index is -1.00. The van der Waals surface area contributed by atoms with Crippen molar-refractivity contribution < 1.29 is 14.7 Å². The van der Waals surface area contributed by atoms with Crippen molar-refractivity contribution in [2.75, 3.05) is 7.05 Å². The summed E-state index contributed by atoms with van der Waals surface area (Å²) >= 11 is 0. The Morgan fingerprint density at radius 3 is 2.69 bits per heavy atom. The van der Waals surface area contributed by atoms with Crippen molar-refractivity contribution in [2.45, 2.75) is 25.9 Å². The smallest absolute Gasteiger partial charge is 0.326 e. The zero-order chi connectivity index (χ0) is 12.1. The molecule has 0 radical (unpaired) electrons. The highest BCUT2D eigenvalue weighted by atomic mass is 16.4. The minimum Gasteiger partial charge on any atom is -0.480 e. The molecular weight excluding hydrogens is 212 g/mol. The first-order valence-electron chi connectivity index (χ1n) is 4.87. The third-order valence-electron chi connectivity index (χ3n) is 2.30. The standard InChI is InChI=1S/C9H14N4O3/c1-3-7(9(15)16)12(2)8(14)4-13-6-10-5-11-13/h5-7H,3-4H2,1-2H3,(H,15,16). The molecule has 16 heavy (non-hydrogen) atoms. The van der Waals surface area contributed by atoms with Gasteiger partial charge in [-0.05, 0) is 6.42 Å². The maximum atomic E-state index is 11.7. The summed E-state index contributed by atoms with van der Waals surface area (Å²) in [6.07, 6.45) is 3.10. The van der Waals surface area contributed by atoms with Gasteiger partial charge in [0.15, 0.2) is 0 Å². The predicted octanol–water partition coefficient (Wildman–Crippen LogP) is -0.400. The van der Waals surface area contributed by atoms with Crippen molar-refractivity contribution in [1.29, 1.82) is 0 Å². The molecule has 0 spiro atoms. The molecular formula is C9H14N4O3. The summed E-state index contributed by atoms with van der Waals surface area (Å²) < 4.78 is 1.35. The maximum Gasteiger partial charge on any atom is 0.326 e. The fraction of sp³-hybridized carbons (Fsp3) is 0.556. The predicted molar refractivity (Wildman–Crippen MR) is 54.5 cm³/mol. The van der Waals surface area contributed by atoms with E-state index < -0.39 is 12.0 Å². The lowest BCUT2D eigenvalue weighted by Gasteiger charge is -2.23. The van der Waals surface area contributed by atoms with Crippen molar-refractivity contribution in [2.24, 2.45) is 0 Å². The summed E-state index contributed by atoms with van der Waals surface area (Å²) in [5, 5.41) is 12.7. The summed E-state index contributed by atoms with van der Waals surface area (Å²) in [7, 11) is 1.47. The lowest BCUT2D eigenvalue weighted by Crippen LogP contribution is -2.43. The zero-order valence-corrected chi connectivity index (χ0v) is 9.20. The lowest BCUT2D eigenvalue weighted by atomic mass is 10.2. The van der Waals surface area contributed by atoms with E-state index in [1.165, 1.54) is 29.3 Å². The van der Waals surface area contributed by atoms with Gasteiger partial charge >= 0.3 is 5.97 Å². The Balaban J connectivity index is 2.62. The molecule has 0 fully saturated rings. The van der Waals surface area contributed by atoms with E-state index in [1.807, 2.05) is 0 Å². The van der Waals surface area contributed by atoms with Crippen LogP contribution in [0.4, 0.5) is 0 Å². The number of nitrogens with zero attached hydrogens (tertiary/aromatic N) is 4. The van der Waals surface area contributed by atoms with Gasteiger partial charge in [-0.3, -0.25) is 4.79 Å². The molecule has 7 heteroatoms. The van der Waals surface area contributed by atoms with Crippen LogP contribution in [-0.2, 0) is 16.1 Å². The van der Waals surface area contributed by atoms with E-state index >= 15 is 0 Å². The SMILES string of the molecule is CCC(C(=O)O)N(C)C(=O)Cn1cncn1. The van der Waals surface area contributed by atoms with Gasteiger partial charge in [-0.25, -0.2) is 14.5 Å². The molecule has 1 aromatic rings. The van der Waals surface area contributed by atoms with Crippen molar-refractivity contribution in [3.05, 3.63) is 12.7 Å². The maximum absolute atomic E-state index is 11.7. The van der Waals surface area contributed by atoms with Crippen LogP contribution >= 0.6 is 0 Å². The first-order valence-corrected chi connectivity index (χ1v) is 4.87. The van der Waals surface area contributed by atoms with Crippen LogP contribution in [0.1, 0.15) is 13.3 Å². The summed E-state index contributed by atoms with van der Waals surface area (Å²) in [6, 6.07) is -0.795. The molecule has 0 aromatic carbocycles. The highest BCUT2D eigenvalue weighted by Crippen LogP contribution is 2.03. The molecule has 1 N–H and O–H groups in total. The molecule has 1 unspecified atom stereocenters. The van der Waals surface area contributed by atoms with E-state index in [9.17, 15) is 9.59 Å². The third-order valence-corrected chi connectivity index (χ3v) is 2.30. The summed E-state index contributed by atoms with van der Waals surface area (Å²) in [6.45, 7) is 1.72. The van der Waals surface area contributed by atoms with Gasteiger partial charge in [0, 0.05) is 7.05 Å². The van der Waals surface area contributed by atoms with Crippen molar-refractivity contribution in [3.8, 4) is 0 Å². The molecule has 1 aromatic heterocycles. The molecule has 0 bridgehead atoms.